The average Bonchev–Trinajstić information content (AvgIpc) is 2.13. The minimum atomic E-state index is -4.96. The zero-order valence-corrected chi connectivity index (χ0v) is 65.5. The van der Waals surface area contributed by atoms with E-state index >= 15 is 0 Å². The zero-order valence-electron chi connectivity index (χ0n) is 63.7. The van der Waals surface area contributed by atoms with Crippen molar-refractivity contribution in [2.24, 2.45) is 23.7 Å². The molecule has 0 aliphatic rings. The molecule has 5 atom stereocenters. The number of unbranched alkanes of at least 4 members (excludes halogenated alkanes) is 41. The Morgan fingerprint density at radius 1 is 0.258 bits per heavy atom. The van der Waals surface area contributed by atoms with Crippen molar-refractivity contribution in [2.75, 3.05) is 39.6 Å². The van der Waals surface area contributed by atoms with E-state index in [1.54, 1.807) is 0 Å². The summed E-state index contributed by atoms with van der Waals surface area (Å²) in [4.78, 5) is 72.8. The average molecular weight is 1420 g/mol. The predicted octanol–water partition coefficient (Wildman–Crippen LogP) is 22.8. The Bertz CT molecular complexity index is 1900. The Hall–Kier alpha value is -1.94. The van der Waals surface area contributed by atoms with Crippen molar-refractivity contribution in [2.45, 2.75) is 414 Å². The Morgan fingerprint density at radius 3 is 0.639 bits per heavy atom. The van der Waals surface area contributed by atoms with E-state index in [4.69, 9.17) is 37.0 Å². The second-order valence-electron chi connectivity index (χ2n) is 30.0. The van der Waals surface area contributed by atoms with Crippen LogP contribution in [0.15, 0.2) is 0 Å². The maximum atomic E-state index is 13.1. The monoisotopic (exact) mass is 1420 g/mol. The maximum Gasteiger partial charge on any atom is 0.472 e. The van der Waals surface area contributed by atoms with E-state index in [2.05, 4.69) is 55.4 Å². The summed E-state index contributed by atoms with van der Waals surface area (Å²) in [5.41, 5.74) is 0. The number of carbonyl (C=O) groups is 4. The van der Waals surface area contributed by atoms with Gasteiger partial charge in [-0.15, -0.1) is 0 Å². The molecule has 0 rings (SSSR count). The lowest BCUT2D eigenvalue weighted by atomic mass is 10.0. The van der Waals surface area contributed by atoms with Crippen molar-refractivity contribution in [3.05, 3.63) is 0 Å². The first-order valence-electron chi connectivity index (χ1n) is 40.2. The van der Waals surface area contributed by atoms with Crippen LogP contribution in [-0.4, -0.2) is 96.7 Å². The highest BCUT2D eigenvalue weighted by atomic mass is 31.2. The molecule has 0 aliphatic heterocycles. The molecule has 3 unspecified atom stereocenters. The van der Waals surface area contributed by atoms with Crippen LogP contribution in [0, 0.1) is 23.7 Å². The van der Waals surface area contributed by atoms with Crippen molar-refractivity contribution >= 4 is 39.5 Å². The lowest BCUT2D eigenvalue weighted by Gasteiger charge is -2.21. The first-order chi connectivity index (χ1) is 46.6. The molecular formula is C78H152O17P2. The van der Waals surface area contributed by atoms with Crippen molar-refractivity contribution < 1.29 is 80.2 Å². The van der Waals surface area contributed by atoms with Crippen molar-refractivity contribution in [3.63, 3.8) is 0 Å². The molecule has 0 bridgehead atoms. The fraction of sp³-hybridized carbons (Fsp3) is 0.949. The van der Waals surface area contributed by atoms with Crippen molar-refractivity contribution in [1.82, 2.24) is 0 Å². The molecule has 0 aromatic carbocycles. The molecule has 97 heavy (non-hydrogen) atoms. The minimum Gasteiger partial charge on any atom is -0.462 e. The smallest absolute Gasteiger partial charge is 0.462 e. The van der Waals surface area contributed by atoms with Gasteiger partial charge in [-0.25, -0.2) is 9.13 Å². The van der Waals surface area contributed by atoms with Crippen LogP contribution in [0.25, 0.3) is 0 Å². The third-order valence-corrected chi connectivity index (χ3v) is 20.0. The fourth-order valence-corrected chi connectivity index (χ4v) is 13.5. The van der Waals surface area contributed by atoms with Crippen LogP contribution < -0.4 is 0 Å². The molecule has 3 N–H and O–H groups in total. The second kappa shape index (κ2) is 67.2. The number of phosphoric acid groups is 2. The molecule has 0 fully saturated rings. The van der Waals surface area contributed by atoms with E-state index < -0.39 is 97.5 Å². The van der Waals surface area contributed by atoms with Crippen LogP contribution in [0.2, 0.25) is 0 Å². The SMILES string of the molecule is CC(C)CCCCCCCCCCCCCCCCCCCCC(=O)OC[C@H](COP(=O)(O)OCC(O)COP(=O)(O)OC[C@@H](COC(=O)CCCCCCCCCC(C)C)OC(=O)CCCCCCCCCC(C)C)OC(=O)CCCCCCCCCCCCCCCC(C)C. The lowest BCUT2D eigenvalue weighted by Crippen LogP contribution is -2.30. The number of carbonyl (C=O) groups excluding carboxylic acids is 4. The molecule has 0 radical (unpaired) electrons. The van der Waals surface area contributed by atoms with Crippen molar-refractivity contribution in [1.29, 1.82) is 0 Å². The number of ether oxygens (including phenoxy) is 4. The van der Waals surface area contributed by atoms with Gasteiger partial charge in [-0.3, -0.25) is 37.3 Å². The molecule has 0 aliphatic carbocycles. The minimum absolute atomic E-state index is 0.102. The zero-order chi connectivity index (χ0) is 71.7. The molecule has 19 heteroatoms. The van der Waals surface area contributed by atoms with Crippen LogP contribution in [-0.2, 0) is 65.4 Å². The summed E-state index contributed by atoms with van der Waals surface area (Å²) < 4.78 is 68.5. The van der Waals surface area contributed by atoms with Gasteiger partial charge in [0.25, 0.3) is 0 Å². The first kappa shape index (κ1) is 95.1. The van der Waals surface area contributed by atoms with Gasteiger partial charge in [0.15, 0.2) is 12.2 Å². The lowest BCUT2D eigenvalue weighted by molar-refractivity contribution is -0.161. The van der Waals surface area contributed by atoms with Gasteiger partial charge in [0.05, 0.1) is 26.4 Å². The number of rotatable bonds is 75. The topological polar surface area (TPSA) is 237 Å². The van der Waals surface area contributed by atoms with Crippen LogP contribution >= 0.6 is 15.6 Å². The van der Waals surface area contributed by atoms with Crippen LogP contribution in [0.3, 0.4) is 0 Å². The number of aliphatic hydroxyl groups excluding tert-OH is 1. The molecular weight excluding hydrogens is 1270 g/mol. The summed E-state index contributed by atoms with van der Waals surface area (Å²) in [6, 6.07) is 0. The maximum absolute atomic E-state index is 13.1. The Balaban J connectivity index is 5.19. The molecule has 0 heterocycles. The molecule has 0 amide bonds. The second-order valence-corrected chi connectivity index (χ2v) is 32.9. The molecule has 0 aromatic rings. The summed E-state index contributed by atoms with van der Waals surface area (Å²) in [6.45, 7) is 14.1. The Labute approximate surface area is 594 Å². The van der Waals surface area contributed by atoms with Gasteiger partial charge in [0.2, 0.25) is 0 Å². The van der Waals surface area contributed by atoms with E-state index in [0.29, 0.717) is 37.5 Å². The van der Waals surface area contributed by atoms with Crippen LogP contribution in [0.5, 0.6) is 0 Å². The summed E-state index contributed by atoms with van der Waals surface area (Å²) in [5, 5.41) is 10.6. The standard InChI is InChI=1S/C78H152O17P2/c1-68(2)54-46-38-30-24-20-16-13-11-9-10-12-14-18-22-26-34-42-50-58-75(80)88-64-73(94-77(82)60-52-44-35-27-23-19-15-17-21-25-31-39-47-55-69(3)4)66-92-96(84,85)90-62-72(79)63-91-97(86,87)93-67-74(95-78(83)61-53-45-37-29-33-41-49-57-71(7)8)65-89-76(81)59-51-43-36-28-32-40-48-56-70(5)6/h68-74,79H,9-67H2,1-8H3,(H,84,85)(H,86,87)/t72?,73-,74-/m1/s1. The number of aliphatic hydroxyl groups is 1. The first-order valence-corrected chi connectivity index (χ1v) is 43.2. The predicted molar refractivity (Wildman–Crippen MR) is 395 cm³/mol. The number of hydrogen-bond donors (Lipinski definition) is 3. The summed E-state index contributed by atoms with van der Waals surface area (Å²) in [6.07, 6.45) is 53.1. The van der Waals surface area contributed by atoms with Gasteiger partial charge in [-0.1, -0.05) is 344 Å². The molecule has 0 saturated carbocycles. The van der Waals surface area contributed by atoms with Gasteiger partial charge in [0.1, 0.15) is 19.3 Å². The van der Waals surface area contributed by atoms with E-state index in [9.17, 15) is 43.2 Å². The van der Waals surface area contributed by atoms with Crippen molar-refractivity contribution in [3.8, 4) is 0 Å². The van der Waals surface area contributed by atoms with Gasteiger partial charge in [0, 0.05) is 25.7 Å². The van der Waals surface area contributed by atoms with Gasteiger partial charge in [-0.05, 0) is 49.4 Å². The highest BCUT2D eigenvalue weighted by Crippen LogP contribution is 2.45. The molecule has 17 nitrogen and oxygen atoms in total. The quantitative estimate of drug-likeness (QED) is 0.0222. The van der Waals surface area contributed by atoms with Gasteiger partial charge >= 0.3 is 39.5 Å². The summed E-state index contributed by atoms with van der Waals surface area (Å²) in [7, 11) is -9.91. The van der Waals surface area contributed by atoms with E-state index in [0.717, 1.165) is 108 Å². The number of phosphoric ester groups is 2. The summed E-state index contributed by atoms with van der Waals surface area (Å²) >= 11 is 0. The number of hydrogen-bond acceptors (Lipinski definition) is 15. The molecule has 576 valence electrons. The fourth-order valence-electron chi connectivity index (χ4n) is 11.9. The Kier molecular flexibility index (Phi) is 65.9. The van der Waals surface area contributed by atoms with E-state index in [-0.39, 0.29) is 25.7 Å². The third-order valence-electron chi connectivity index (χ3n) is 18.1. The van der Waals surface area contributed by atoms with Crippen LogP contribution in [0.4, 0.5) is 0 Å². The Morgan fingerprint density at radius 2 is 0.433 bits per heavy atom. The normalized spacial score (nSPS) is 14.1. The molecule has 0 spiro atoms. The highest BCUT2D eigenvalue weighted by molar-refractivity contribution is 7.47. The molecule has 0 saturated heterocycles. The van der Waals surface area contributed by atoms with Gasteiger partial charge < -0.3 is 33.8 Å². The highest BCUT2D eigenvalue weighted by Gasteiger charge is 2.30. The largest absolute Gasteiger partial charge is 0.472 e. The van der Waals surface area contributed by atoms with E-state index in [1.165, 1.54) is 193 Å². The summed E-state index contributed by atoms with van der Waals surface area (Å²) in [5.74, 6) is 0.888. The van der Waals surface area contributed by atoms with E-state index in [1.807, 2.05) is 0 Å². The third kappa shape index (κ3) is 72.2. The molecule has 0 aromatic heterocycles. The number of esters is 4. The van der Waals surface area contributed by atoms with Gasteiger partial charge in [-0.2, -0.15) is 0 Å². The van der Waals surface area contributed by atoms with Crippen LogP contribution in [0.1, 0.15) is 396 Å².